The smallest absolute Gasteiger partial charge is 0.0250 e. The Morgan fingerprint density at radius 2 is 1.47 bits per heavy atom. The van der Waals surface area contributed by atoms with E-state index in [1.54, 1.807) is 0 Å². The lowest BCUT2D eigenvalue weighted by atomic mass is 9.91. The van der Waals surface area contributed by atoms with E-state index in [2.05, 4.69) is 45.9 Å². The van der Waals surface area contributed by atoms with Gasteiger partial charge in [-0.3, -0.25) is 0 Å². The van der Waals surface area contributed by atoms with Crippen molar-refractivity contribution in [1.29, 1.82) is 0 Å². The maximum Gasteiger partial charge on any atom is -0.0250 e. The van der Waals surface area contributed by atoms with Gasteiger partial charge in [0.05, 0.1) is 0 Å². The topological polar surface area (TPSA) is 0 Å². The molecule has 0 saturated heterocycles. The molecule has 0 amide bonds. The van der Waals surface area contributed by atoms with Crippen LogP contribution < -0.4 is 0 Å². The Hall–Kier alpha value is -0.780. The quantitative estimate of drug-likeness (QED) is 0.553. The fourth-order valence-electron chi connectivity index (χ4n) is 2.12. The van der Waals surface area contributed by atoms with E-state index in [4.69, 9.17) is 0 Å². The van der Waals surface area contributed by atoms with Crippen LogP contribution in [-0.4, -0.2) is 0 Å². The zero-order valence-electron chi connectivity index (χ0n) is 14.6. The Labute approximate surface area is 122 Å². The summed E-state index contributed by atoms with van der Waals surface area (Å²) in [5, 5.41) is 0. The largest absolute Gasteiger partial charge is 0.0683 e. The van der Waals surface area contributed by atoms with Gasteiger partial charge in [-0.15, -0.1) is 0 Å². The molecule has 0 aliphatic rings. The van der Waals surface area contributed by atoms with Gasteiger partial charge in [-0.05, 0) is 42.9 Å². The predicted molar refractivity (Wildman–Crippen MR) is 91.0 cm³/mol. The molecule has 0 N–H and O–H groups in total. The van der Waals surface area contributed by atoms with E-state index < -0.39 is 0 Å². The molecule has 0 radical (unpaired) electrons. The van der Waals surface area contributed by atoms with E-state index >= 15 is 0 Å². The Kier molecular flexibility index (Phi) is 14.8. The molecule has 0 aromatic heterocycles. The van der Waals surface area contributed by atoms with E-state index in [1.165, 1.54) is 42.4 Å². The molecule has 0 heteroatoms. The van der Waals surface area contributed by atoms with Gasteiger partial charge in [-0.2, -0.15) is 0 Å². The van der Waals surface area contributed by atoms with Gasteiger partial charge >= 0.3 is 0 Å². The van der Waals surface area contributed by atoms with Crippen molar-refractivity contribution in [3.63, 3.8) is 0 Å². The van der Waals surface area contributed by atoms with Gasteiger partial charge in [-0.1, -0.05) is 79.0 Å². The molecular formula is C19H36. The van der Waals surface area contributed by atoms with Crippen LogP contribution in [0.2, 0.25) is 0 Å². The second-order valence-electron chi connectivity index (χ2n) is 4.69. The van der Waals surface area contributed by atoms with Gasteiger partial charge in [0.15, 0.2) is 0 Å². The van der Waals surface area contributed by atoms with Crippen molar-refractivity contribution in [3.8, 4) is 0 Å². The zero-order chi connectivity index (χ0) is 15.3. The monoisotopic (exact) mass is 264 g/mol. The second-order valence-corrected chi connectivity index (χ2v) is 4.69. The third-order valence-electron chi connectivity index (χ3n) is 3.37. The van der Waals surface area contributed by atoms with Gasteiger partial charge in [0.2, 0.25) is 0 Å². The fraction of sp³-hybridized carbons (Fsp3) is 0.684. The van der Waals surface area contributed by atoms with Gasteiger partial charge in [0.1, 0.15) is 0 Å². The van der Waals surface area contributed by atoms with Crippen molar-refractivity contribution in [3.05, 3.63) is 34.9 Å². The highest BCUT2D eigenvalue weighted by Crippen LogP contribution is 2.19. The van der Waals surface area contributed by atoms with Crippen LogP contribution in [0.1, 0.15) is 77.5 Å². The third kappa shape index (κ3) is 8.86. The Bertz CT molecular complexity index is 299. The Balaban J connectivity index is 0. The lowest BCUT2D eigenvalue weighted by Crippen LogP contribution is -2.03. The average Bonchev–Trinajstić information content (AvgIpc) is 2.46. The summed E-state index contributed by atoms with van der Waals surface area (Å²) in [6.45, 7) is 17.0. The molecule has 0 spiro atoms. The molecule has 1 aromatic rings. The van der Waals surface area contributed by atoms with Crippen LogP contribution in [0.5, 0.6) is 0 Å². The summed E-state index contributed by atoms with van der Waals surface area (Å²) in [4.78, 5) is 0. The summed E-state index contributed by atoms with van der Waals surface area (Å²) in [7, 11) is 0. The summed E-state index contributed by atoms with van der Waals surface area (Å²) >= 11 is 0. The maximum atomic E-state index is 2.35. The van der Waals surface area contributed by atoms with E-state index in [0.717, 1.165) is 5.92 Å². The molecule has 1 aromatic carbocycles. The minimum atomic E-state index is 0.872. The molecule has 0 aliphatic carbocycles. The molecule has 0 fully saturated rings. The van der Waals surface area contributed by atoms with Crippen molar-refractivity contribution in [2.24, 2.45) is 5.92 Å². The van der Waals surface area contributed by atoms with Crippen molar-refractivity contribution in [2.45, 2.75) is 81.1 Å². The maximum absolute atomic E-state index is 2.35. The zero-order valence-corrected chi connectivity index (χ0v) is 14.6. The number of hydrogen-bond donors (Lipinski definition) is 0. The van der Waals surface area contributed by atoms with Crippen molar-refractivity contribution >= 4 is 0 Å². The van der Waals surface area contributed by atoms with Crippen LogP contribution in [0.4, 0.5) is 0 Å². The normalized spacial score (nSPS) is 10.7. The first kappa shape index (κ1) is 20.5. The second kappa shape index (κ2) is 13.6. The SMILES string of the molecule is CC.CC.CCCC(CC)Cc1ccc(C)c(C)c1. The summed E-state index contributed by atoms with van der Waals surface area (Å²) in [5.74, 6) is 0.872. The molecule has 1 unspecified atom stereocenters. The number of benzene rings is 1. The summed E-state index contributed by atoms with van der Waals surface area (Å²) in [6.07, 6.45) is 5.24. The van der Waals surface area contributed by atoms with Crippen LogP contribution in [0, 0.1) is 19.8 Å². The minimum absolute atomic E-state index is 0.872. The molecule has 1 rings (SSSR count). The van der Waals surface area contributed by atoms with Crippen LogP contribution in [-0.2, 0) is 6.42 Å². The predicted octanol–water partition coefficient (Wildman–Crippen LogP) is 6.72. The first-order valence-corrected chi connectivity index (χ1v) is 8.23. The highest BCUT2D eigenvalue weighted by molar-refractivity contribution is 5.30. The van der Waals surface area contributed by atoms with Gasteiger partial charge in [-0.25, -0.2) is 0 Å². The summed E-state index contributed by atoms with van der Waals surface area (Å²) in [6, 6.07) is 6.90. The molecule has 1 atom stereocenters. The van der Waals surface area contributed by atoms with Crippen LogP contribution in [0.3, 0.4) is 0 Å². The van der Waals surface area contributed by atoms with Crippen molar-refractivity contribution in [2.75, 3.05) is 0 Å². The lowest BCUT2D eigenvalue weighted by molar-refractivity contribution is 0.462. The average molecular weight is 264 g/mol. The van der Waals surface area contributed by atoms with E-state index in [1.807, 2.05) is 27.7 Å². The minimum Gasteiger partial charge on any atom is -0.0683 e. The molecule has 112 valence electrons. The van der Waals surface area contributed by atoms with Gasteiger partial charge in [0.25, 0.3) is 0 Å². The van der Waals surface area contributed by atoms with Crippen LogP contribution in [0.15, 0.2) is 18.2 Å². The number of hydrogen-bond acceptors (Lipinski definition) is 0. The highest BCUT2D eigenvalue weighted by Gasteiger charge is 2.06. The van der Waals surface area contributed by atoms with Crippen LogP contribution >= 0.6 is 0 Å². The van der Waals surface area contributed by atoms with Gasteiger partial charge < -0.3 is 0 Å². The van der Waals surface area contributed by atoms with Crippen LogP contribution in [0.25, 0.3) is 0 Å². The van der Waals surface area contributed by atoms with E-state index in [0.29, 0.717) is 0 Å². The summed E-state index contributed by atoms with van der Waals surface area (Å²) < 4.78 is 0. The Morgan fingerprint density at radius 3 is 1.89 bits per heavy atom. The number of rotatable bonds is 5. The molecule has 0 bridgehead atoms. The summed E-state index contributed by atoms with van der Waals surface area (Å²) in [5.41, 5.74) is 4.35. The Morgan fingerprint density at radius 1 is 0.895 bits per heavy atom. The standard InChI is InChI=1S/C15H24.2C2H6/c1-5-7-14(6-2)11-15-9-8-12(3)13(4)10-15;2*1-2/h8-10,14H,5-7,11H2,1-4H3;2*1-2H3. The molecule has 0 nitrogen and oxygen atoms in total. The molecule has 0 aliphatic heterocycles. The first-order valence-electron chi connectivity index (χ1n) is 8.23. The molecule has 0 saturated carbocycles. The van der Waals surface area contributed by atoms with E-state index in [-0.39, 0.29) is 0 Å². The number of aryl methyl sites for hydroxylation is 2. The van der Waals surface area contributed by atoms with E-state index in [9.17, 15) is 0 Å². The highest BCUT2D eigenvalue weighted by atomic mass is 14.1. The molecule has 0 heterocycles. The van der Waals surface area contributed by atoms with Gasteiger partial charge in [0, 0.05) is 0 Å². The molecular weight excluding hydrogens is 228 g/mol. The van der Waals surface area contributed by atoms with Crippen molar-refractivity contribution in [1.82, 2.24) is 0 Å². The van der Waals surface area contributed by atoms with Crippen molar-refractivity contribution < 1.29 is 0 Å². The lowest BCUT2D eigenvalue weighted by Gasteiger charge is -2.14. The third-order valence-corrected chi connectivity index (χ3v) is 3.37. The fourth-order valence-corrected chi connectivity index (χ4v) is 2.12. The first-order chi connectivity index (χ1) is 9.17. The molecule has 19 heavy (non-hydrogen) atoms.